The van der Waals surface area contributed by atoms with Gasteiger partial charge in [0.15, 0.2) is 5.82 Å². The number of aliphatic hydroxyl groups is 1. The SMILES string of the molecule is CC(C)Cn1ccnc(N2CCOCC2CO)c1=O. The number of aromatic nitrogens is 2. The highest BCUT2D eigenvalue weighted by molar-refractivity contribution is 5.38. The first-order valence-electron chi connectivity index (χ1n) is 6.64. The van der Waals surface area contributed by atoms with Crippen molar-refractivity contribution in [1.29, 1.82) is 0 Å². The number of morpholine rings is 1. The fourth-order valence-corrected chi connectivity index (χ4v) is 2.25. The molecule has 106 valence electrons. The summed E-state index contributed by atoms with van der Waals surface area (Å²) < 4.78 is 7.00. The van der Waals surface area contributed by atoms with E-state index in [2.05, 4.69) is 18.8 Å². The summed E-state index contributed by atoms with van der Waals surface area (Å²) in [6, 6.07) is -0.191. The van der Waals surface area contributed by atoms with Crippen molar-refractivity contribution in [1.82, 2.24) is 9.55 Å². The molecular weight excluding hydrogens is 246 g/mol. The van der Waals surface area contributed by atoms with Crippen molar-refractivity contribution < 1.29 is 9.84 Å². The van der Waals surface area contributed by atoms with Crippen LogP contribution < -0.4 is 10.5 Å². The molecule has 6 heteroatoms. The maximum absolute atomic E-state index is 12.4. The fraction of sp³-hybridized carbons (Fsp3) is 0.692. The van der Waals surface area contributed by atoms with Crippen LogP contribution in [0.5, 0.6) is 0 Å². The van der Waals surface area contributed by atoms with Gasteiger partial charge < -0.3 is 19.3 Å². The van der Waals surface area contributed by atoms with Gasteiger partial charge in [0, 0.05) is 25.5 Å². The molecule has 0 spiro atoms. The molecule has 0 amide bonds. The van der Waals surface area contributed by atoms with Crippen molar-refractivity contribution in [2.75, 3.05) is 31.3 Å². The second kappa shape index (κ2) is 6.16. The third-order valence-electron chi connectivity index (χ3n) is 3.17. The van der Waals surface area contributed by atoms with Crippen LogP contribution in [0.25, 0.3) is 0 Å². The molecule has 0 aromatic carbocycles. The number of hydrogen-bond donors (Lipinski definition) is 1. The molecule has 0 radical (unpaired) electrons. The Morgan fingerprint density at radius 3 is 3.05 bits per heavy atom. The molecule has 1 unspecified atom stereocenters. The quantitative estimate of drug-likeness (QED) is 0.838. The molecule has 0 bridgehead atoms. The fourth-order valence-electron chi connectivity index (χ4n) is 2.25. The van der Waals surface area contributed by atoms with Gasteiger partial charge in [-0.25, -0.2) is 4.98 Å². The van der Waals surface area contributed by atoms with Crippen LogP contribution in [0.15, 0.2) is 17.2 Å². The van der Waals surface area contributed by atoms with Gasteiger partial charge in [-0.2, -0.15) is 0 Å². The number of rotatable bonds is 4. The lowest BCUT2D eigenvalue weighted by Crippen LogP contribution is -2.50. The van der Waals surface area contributed by atoms with Crippen molar-refractivity contribution >= 4 is 5.82 Å². The highest BCUT2D eigenvalue weighted by atomic mass is 16.5. The second-order valence-corrected chi connectivity index (χ2v) is 5.21. The van der Waals surface area contributed by atoms with Crippen LogP contribution in [0.2, 0.25) is 0 Å². The number of aliphatic hydroxyl groups excluding tert-OH is 1. The van der Waals surface area contributed by atoms with E-state index in [9.17, 15) is 9.90 Å². The largest absolute Gasteiger partial charge is 0.394 e. The molecule has 0 saturated carbocycles. The molecule has 1 aromatic heterocycles. The lowest BCUT2D eigenvalue weighted by molar-refractivity contribution is 0.0720. The number of anilines is 1. The van der Waals surface area contributed by atoms with Crippen LogP contribution >= 0.6 is 0 Å². The predicted molar refractivity (Wildman–Crippen MR) is 72.4 cm³/mol. The standard InChI is InChI=1S/C13H21N3O3/c1-10(2)7-15-4-3-14-12(13(15)18)16-5-6-19-9-11(16)8-17/h3-4,10-11,17H,5-9H2,1-2H3. The first-order valence-corrected chi connectivity index (χ1v) is 6.64. The van der Waals surface area contributed by atoms with Gasteiger partial charge in [0.2, 0.25) is 0 Å². The zero-order chi connectivity index (χ0) is 13.8. The summed E-state index contributed by atoms with van der Waals surface area (Å²) in [5.41, 5.74) is -0.100. The van der Waals surface area contributed by atoms with E-state index in [1.807, 2.05) is 4.90 Å². The summed E-state index contributed by atoms with van der Waals surface area (Å²) in [4.78, 5) is 18.4. The van der Waals surface area contributed by atoms with Crippen molar-refractivity contribution in [3.8, 4) is 0 Å². The van der Waals surface area contributed by atoms with Crippen molar-refractivity contribution in [3.63, 3.8) is 0 Å². The average Bonchev–Trinajstić information content (AvgIpc) is 2.41. The zero-order valence-corrected chi connectivity index (χ0v) is 11.5. The Balaban J connectivity index is 2.31. The Hall–Kier alpha value is -1.40. The van der Waals surface area contributed by atoms with Gasteiger partial charge in [0.1, 0.15) is 0 Å². The number of nitrogens with zero attached hydrogens (tertiary/aromatic N) is 3. The van der Waals surface area contributed by atoms with Gasteiger partial charge in [-0.1, -0.05) is 13.8 Å². The Morgan fingerprint density at radius 1 is 1.58 bits per heavy atom. The Bertz CT molecular complexity index is 472. The summed E-state index contributed by atoms with van der Waals surface area (Å²) in [5.74, 6) is 0.803. The molecular formula is C13H21N3O3. The molecule has 2 heterocycles. The van der Waals surface area contributed by atoms with Gasteiger partial charge in [0.25, 0.3) is 5.56 Å². The van der Waals surface area contributed by atoms with Crippen molar-refractivity contribution in [2.24, 2.45) is 5.92 Å². The molecule has 1 aliphatic heterocycles. The third kappa shape index (κ3) is 3.13. The van der Waals surface area contributed by atoms with Gasteiger partial charge in [-0.05, 0) is 5.92 Å². The molecule has 0 aliphatic carbocycles. The molecule has 1 saturated heterocycles. The molecule has 1 aromatic rings. The second-order valence-electron chi connectivity index (χ2n) is 5.21. The van der Waals surface area contributed by atoms with Gasteiger partial charge in [0.05, 0.1) is 25.9 Å². The lowest BCUT2D eigenvalue weighted by atomic mass is 10.2. The summed E-state index contributed by atoms with van der Waals surface area (Å²) in [6.45, 7) is 6.32. The Kier molecular flexibility index (Phi) is 4.55. The molecule has 2 rings (SSSR count). The van der Waals surface area contributed by atoms with Gasteiger partial charge in [-0.15, -0.1) is 0 Å². The normalized spacial score (nSPS) is 20.0. The van der Waals surface area contributed by atoms with E-state index in [1.165, 1.54) is 0 Å². The minimum Gasteiger partial charge on any atom is -0.394 e. The van der Waals surface area contributed by atoms with Crippen molar-refractivity contribution in [2.45, 2.75) is 26.4 Å². The summed E-state index contributed by atoms with van der Waals surface area (Å²) >= 11 is 0. The topological polar surface area (TPSA) is 67.6 Å². The highest BCUT2D eigenvalue weighted by Crippen LogP contribution is 2.13. The van der Waals surface area contributed by atoms with E-state index in [1.54, 1.807) is 17.0 Å². The molecule has 1 aliphatic rings. The molecule has 1 N–H and O–H groups in total. The van der Waals surface area contributed by atoms with E-state index < -0.39 is 0 Å². The number of hydrogen-bond acceptors (Lipinski definition) is 5. The maximum atomic E-state index is 12.4. The van der Waals surface area contributed by atoms with E-state index in [0.29, 0.717) is 38.0 Å². The highest BCUT2D eigenvalue weighted by Gasteiger charge is 2.26. The monoisotopic (exact) mass is 267 g/mol. The smallest absolute Gasteiger partial charge is 0.293 e. The summed E-state index contributed by atoms with van der Waals surface area (Å²) in [5, 5.41) is 9.37. The van der Waals surface area contributed by atoms with Crippen LogP contribution in [0.1, 0.15) is 13.8 Å². The molecule has 1 atom stereocenters. The first-order chi connectivity index (χ1) is 9.13. The lowest BCUT2D eigenvalue weighted by Gasteiger charge is -2.34. The minimum atomic E-state index is -0.191. The van der Waals surface area contributed by atoms with E-state index in [0.717, 1.165) is 0 Å². The van der Waals surface area contributed by atoms with Crippen LogP contribution in [0.3, 0.4) is 0 Å². The molecule has 1 fully saturated rings. The average molecular weight is 267 g/mol. The van der Waals surface area contributed by atoms with E-state index >= 15 is 0 Å². The van der Waals surface area contributed by atoms with Gasteiger partial charge >= 0.3 is 0 Å². The van der Waals surface area contributed by atoms with Crippen LogP contribution in [0.4, 0.5) is 5.82 Å². The van der Waals surface area contributed by atoms with Crippen molar-refractivity contribution in [3.05, 3.63) is 22.7 Å². The Morgan fingerprint density at radius 2 is 2.37 bits per heavy atom. The maximum Gasteiger partial charge on any atom is 0.293 e. The molecule has 19 heavy (non-hydrogen) atoms. The number of ether oxygens (including phenoxy) is 1. The van der Waals surface area contributed by atoms with Crippen LogP contribution in [-0.4, -0.2) is 47.1 Å². The Labute approximate surface area is 112 Å². The summed E-state index contributed by atoms with van der Waals surface area (Å²) in [6.07, 6.45) is 3.35. The predicted octanol–water partition coefficient (Wildman–Crippen LogP) is 0.0968. The third-order valence-corrected chi connectivity index (χ3v) is 3.17. The first kappa shape index (κ1) is 14.0. The van der Waals surface area contributed by atoms with Crippen LogP contribution in [0, 0.1) is 5.92 Å². The minimum absolute atomic E-state index is 0.0415. The van der Waals surface area contributed by atoms with Crippen LogP contribution in [-0.2, 0) is 11.3 Å². The summed E-state index contributed by atoms with van der Waals surface area (Å²) in [7, 11) is 0. The molecule has 6 nitrogen and oxygen atoms in total. The van der Waals surface area contributed by atoms with E-state index in [4.69, 9.17) is 4.74 Å². The van der Waals surface area contributed by atoms with E-state index in [-0.39, 0.29) is 18.2 Å². The van der Waals surface area contributed by atoms with Gasteiger partial charge in [-0.3, -0.25) is 4.79 Å². The zero-order valence-electron chi connectivity index (χ0n) is 11.5.